The number of hydrogen-bond acceptors (Lipinski definition) is 4. The minimum atomic E-state index is -0.451. The highest BCUT2D eigenvalue weighted by atomic mass is 16.5. The number of ether oxygens (including phenoxy) is 1. The lowest BCUT2D eigenvalue weighted by Crippen LogP contribution is -2.32. The van der Waals surface area contributed by atoms with Gasteiger partial charge in [0.05, 0.1) is 6.10 Å². The van der Waals surface area contributed by atoms with E-state index in [4.69, 9.17) is 11.5 Å². The number of aliphatic hydroxyl groups is 1. The molecular formula is C8H11NO3. The molecule has 1 aliphatic rings. The first-order valence-corrected chi connectivity index (χ1v) is 3.75. The minimum Gasteiger partial charge on any atom is -0.451 e. The second-order valence-electron chi connectivity index (χ2n) is 2.66. The number of rotatable bonds is 2. The Kier molecular flexibility index (Phi) is 3.09. The number of nitrogens with one attached hydrogen (secondary N) is 1. The van der Waals surface area contributed by atoms with Crippen molar-refractivity contribution in [2.45, 2.75) is 18.6 Å². The molecule has 1 aliphatic heterocycles. The van der Waals surface area contributed by atoms with Gasteiger partial charge >= 0.3 is 5.97 Å². The van der Waals surface area contributed by atoms with Gasteiger partial charge in [-0.15, -0.1) is 6.42 Å². The Morgan fingerprint density at radius 3 is 3.08 bits per heavy atom. The van der Waals surface area contributed by atoms with Crippen molar-refractivity contribution < 1.29 is 14.6 Å². The smallest absolute Gasteiger partial charge is 0.324 e. The minimum absolute atomic E-state index is 0.00684. The van der Waals surface area contributed by atoms with E-state index in [1.54, 1.807) is 0 Å². The second kappa shape index (κ2) is 4.10. The van der Waals surface area contributed by atoms with Gasteiger partial charge in [-0.25, -0.2) is 0 Å². The maximum Gasteiger partial charge on any atom is 0.324 e. The fraction of sp³-hybridized carbons (Fsp3) is 0.625. The molecule has 0 saturated carbocycles. The summed E-state index contributed by atoms with van der Waals surface area (Å²) in [5.74, 6) is 1.82. The van der Waals surface area contributed by atoms with E-state index in [1.807, 2.05) is 0 Å². The Balaban J connectivity index is 2.29. The molecule has 0 aromatic rings. The highest BCUT2D eigenvalue weighted by molar-refractivity contribution is 5.76. The number of carbonyl (C=O) groups excluding carboxylic acids is 1. The largest absolute Gasteiger partial charge is 0.451 e. The molecule has 1 saturated heterocycles. The summed E-state index contributed by atoms with van der Waals surface area (Å²) in [7, 11) is 0. The molecule has 4 nitrogen and oxygen atoms in total. The van der Waals surface area contributed by atoms with Crippen molar-refractivity contribution in [2.75, 3.05) is 13.2 Å². The average molecular weight is 169 g/mol. The molecule has 1 rings (SSSR count). The molecule has 2 N–H and O–H groups in total. The summed E-state index contributed by atoms with van der Waals surface area (Å²) >= 11 is 0. The third-order valence-electron chi connectivity index (χ3n) is 1.69. The summed E-state index contributed by atoms with van der Waals surface area (Å²) in [4.78, 5) is 11.1. The normalized spacial score (nSPS) is 28.0. The van der Waals surface area contributed by atoms with E-state index in [9.17, 15) is 4.79 Å². The zero-order valence-corrected chi connectivity index (χ0v) is 6.62. The molecule has 0 radical (unpaired) electrons. The number of aliphatic hydroxyl groups excluding tert-OH is 1. The lowest BCUT2D eigenvalue weighted by molar-refractivity contribution is -0.144. The van der Waals surface area contributed by atoms with Gasteiger partial charge in [-0.05, 0) is 0 Å². The summed E-state index contributed by atoms with van der Waals surface area (Å²) in [6.07, 6.45) is 4.86. The fourth-order valence-corrected chi connectivity index (χ4v) is 1.11. The van der Waals surface area contributed by atoms with Crippen LogP contribution in [-0.2, 0) is 9.53 Å². The monoisotopic (exact) mass is 169 g/mol. The summed E-state index contributed by atoms with van der Waals surface area (Å²) in [5, 5.41) is 11.9. The van der Waals surface area contributed by atoms with E-state index in [-0.39, 0.29) is 12.6 Å². The van der Waals surface area contributed by atoms with Crippen LogP contribution in [0.15, 0.2) is 0 Å². The van der Waals surface area contributed by atoms with Crippen LogP contribution in [0.2, 0.25) is 0 Å². The van der Waals surface area contributed by atoms with Gasteiger partial charge in [0, 0.05) is 13.0 Å². The summed E-state index contributed by atoms with van der Waals surface area (Å²) < 4.78 is 4.67. The number of hydrogen-bond donors (Lipinski definition) is 2. The van der Waals surface area contributed by atoms with Crippen LogP contribution in [0.1, 0.15) is 6.42 Å². The fourth-order valence-electron chi connectivity index (χ4n) is 1.11. The molecule has 2 atom stereocenters. The Labute approximate surface area is 70.9 Å². The molecule has 0 spiro atoms. The van der Waals surface area contributed by atoms with Crippen LogP contribution in [0, 0.1) is 12.3 Å². The van der Waals surface area contributed by atoms with Crippen molar-refractivity contribution in [1.82, 2.24) is 5.32 Å². The van der Waals surface area contributed by atoms with Gasteiger partial charge in [-0.1, -0.05) is 5.92 Å². The van der Waals surface area contributed by atoms with Gasteiger partial charge in [-0.3, -0.25) is 4.79 Å². The standard InChI is InChI=1S/C8H11NO3/c1-2-3-12-8(11)7-4-6(10)5-9-7/h1,6-7,9-10H,3-5H2/t6-,7+/m1/s1. The number of terminal acetylenes is 1. The number of carbonyl (C=O) groups is 1. The zero-order valence-electron chi connectivity index (χ0n) is 6.62. The van der Waals surface area contributed by atoms with Gasteiger partial charge in [0.2, 0.25) is 0 Å². The van der Waals surface area contributed by atoms with Crippen molar-refractivity contribution in [2.24, 2.45) is 0 Å². The lowest BCUT2D eigenvalue weighted by Gasteiger charge is -2.07. The Morgan fingerprint density at radius 1 is 1.83 bits per heavy atom. The third kappa shape index (κ3) is 2.22. The summed E-state index contributed by atoms with van der Waals surface area (Å²) in [6.45, 7) is 0.433. The predicted octanol–water partition coefficient (Wildman–Crippen LogP) is -1.11. The first kappa shape index (κ1) is 9.04. The highest BCUT2D eigenvalue weighted by Crippen LogP contribution is 2.07. The molecular weight excluding hydrogens is 158 g/mol. The van der Waals surface area contributed by atoms with Crippen molar-refractivity contribution in [3.63, 3.8) is 0 Å². The Hall–Kier alpha value is -1.05. The molecule has 66 valence electrons. The van der Waals surface area contributed by atoms with E-state index in [0.717, 1.165) is 0 Å². The van der Waals surface area contributed by atoms with Crippen molar-refractivity contribution >= 4 is 5.97 Å². The molecule has 12 heavy (non-hydrogen) atoms. The van der Waals surface area contributed by atoms with Gasteiger partial charge in [-0.2, -0.15) is 0 Å². The molecule has 0 aromatic heterocycles. The lowest BCUT2D eigenvalue weighted by atomic mass is 10.2. The Bertz CT molecular complexity index is 209. The van der Waals surface area contributed by atoms with Crippen LogP contribution >= 0.6 is 0 Å². The third-order valence-corrected chi connectivity index (χ3v) is 1.69. The van der Waals surface area contributed by atoms with Crippen LogP contribution in [-0.4, -0.2) is 36.4 Å². The summed E-state index contributed by atoms with van der Waals surface area (Å²) in [5.41, 5.74) is 0. The van der Waals surface area contributed by atoms with Gasteiger partial charge in [0.15, 0.2) is 6.61 Å². The first-order chi connectivity index (χ1) is 5.74. The molecule has 1 heterocycles. The molecule has 0 amide bonds. The van der Waals surface area contributed by atoms with Crippen molar-refractivity contribution in [3.8, 4) is 12.3 Å². The molecule has 1 fully saturated rings. The van der Waals surface area contributed by atoms with Crippen molar-refractivity contribution in [1.29, 1.82) is 0 Å². The van der Waals surface area contributed by atoms with Crippen LogP contribution in [0.25, 0.3) is 0 Å². The Morgan fingerprint density at radius 2 is 2.58 bits per heavy atom. The van der Waals surface area contributed by atoms with Crippen LogP contribution in [0.3, 0.4) is 0 Å². The zero-order chi connectivity index (χ0) is 8.97. The van der Waals surface area contributed by atoms with Gasteiger partial charge in [0.25, 0.3) is 0 Å². The SMILES string of the molecule is C#CCOC(=O)[C@@H]1C[C@@H](O)CN1. The molecule has 0 bridgehead atoms. The summed E-state index contributed by atoms with van der Waals surface area (Å²) in [6, 6.07) is -0.395. The number of esters is 1. The van der Waals surface area contributed by atoms with Crippen LogP contribution in [0.4, 0.5) is 0 Å². The second-order valence-corrected chi connectivity index (χ2v) is 2.66. The van der Waals surface area contributed by atoms with Crippen molar-refractivity contribution in [3.05, 3.63) is 0 Å². The van der Waals surface area contributed by atoms with Gasteiger partial charge in [0.1, 0.15) is 6.04 Å². The van der Waals surface area contributed by atoms with Gasteiger partial charge < -0.3 is 15.2 Å². The van der Waals surface area contributed by atoms with Crippen LogP contribution in [0.5, 0.6) is 0 Å². The van der Waals surface area contributed by atoms with E-state index in [0.29, 0.717) is 13.0 Å². The molecule has 0 aliphatic carbocycles. The molecule has 0 aromatic carbocycles. The van der Waals surface area contributed by atoms with E-state index >= 15 is 0 Å². The first-order valence-electron chi connectivity index (χ1n) is 3.75. The quantitative estimate of drug-likeness (QED) is 0.406. The van der Waals surface area contributed by atoms with Crippen LogP contribution < -0.4 is 5.32 Å². The highest BCUT2D eigenvalue weighted by Gasteiger charge is 2.28. The maximum atomic E-state index is 11.1. The average Bonchev–Trinajstić information content (AvgIpc) is 2.47. The van der Waals surface area contributed by atoms with E-state index < -0.39 is 12.1 Å². The predicted molar refractivity (Wildman–Crippen MR) is 42.2 cm³/mol. The number of β-amino-alcohol motifs (C(OH)–C–C–N with tert-alkyl or cyclic N) is 1. The maximum absolute atomic E-state index is 11.1. The van der Waals surface area contributed by atoms with E-state index in [2.05, 4.69) is 16.0 Å². The van der Waals surface area contributed by atoms with E-state index in [1.165, 1.54) is 0 Å². The molecule has 0 unspecified atom stereocenters. The molecule has 4 heteroatoms. The topological polar surface area (TPSA) is 58.6 Å².